The van der Waals surface area contributed by atoms with Crippen LogP contribution in [0.1, 0.15) is 13.3 Å². The van der Waals surface area contributed by atoms with Gasteiger partial charge in [-0.05, 0) is 18.7 Å². The zero-order chi connectivity index (χ0) is 12.4. The molecule has 2 atom stereocenters. The van der Waals surface area contributed by atoms with Crippen molar-refractivity contribution in [2.45, 2.75) is 25.5 Å². The summed E-state index contributed by atoms with van der Waals surface area (Å²) in [5, 5.41) is 20.7. The van der Waals surface area contributed by atoms with E-state index in [4.69, 9.17) is 10.2 Å². The lowest BCUT2D eigenvalue weighted by molar-refractivity contribution is -0.143. The summed E-state index contributed by atoms with van der Waals surface area (Å²) in [5.41, 5.74) is 0. The van der Waals surface area contributed by atoms with Crippen LogP contribution in [-0.2, 0) is 9.53 Å². The molecule has 0 saturated heterocycles. The van der Waals surface area contributed by atoms with Crippen molar-refractivity contribution in [3.05, 3.63) is 0 Å². The highest BCUT2D eigenvalue weighted by molar-refractivity contribution is 7.99. The van der Waals surface area contributed by atoms with Gasteiger partial charge in [-0.25, -0.2) is 0 Å². The first-order valence-electron chi connectivity index (χ1n) is 5.33. The van der Waals surface area contributed by atoms with Crippen molar-refractivity contribution in [2.75, 3.05) is 31.8 Å². The number of carbonyl (C=O) groups excluding carboxylic acids is 1. The fourth-order valence-corrected chi connectivity index (χ4v) is 2.11. The Kier molecular flexibility index (Phi) is 9.71. The highest BCUT2D eigenvalue weighted by Crippen LogP contribution is 2.07. The SMILES string of the molecule is CCNC(CCSCC(O)CO)C(=O)OC. The van der Waals surface area contributed by atoms with E-state index in [2.05, 4.69) is 10.1 Å². The number of ether oxygens (including phenoxy) is 1. The Balaban J connectivity index is 3.72. The molecule has 0 amide bonds. The van der Waals surface area contributed by atoms with Crippen LogP contribution in [0.3, 0.4) is 0 Å². The number of hydrogen-bond donors (Lipinski definition) is 3. The van der Waals surface area contributed by atoms with E-state index < -0.39 is 6.10 Å². The summed E-state index contributed by atoms with van der Waals surface area (Å²) in [6.07, 6.45) is -0.0238. The first-order chi connectivity index (χ1) is 7.65. The average molecular weight is 251 g/mol. The van der Waals surface area contributed by atoms with E-state index in [0.29, 0.717) is 18.7 Å². The predicted molar refractivity (Wildman–Crippen MR) is 64.5 cm³/mol. The topological polar surface area (TPSA) is 78.8 Å². The quantitative estimate of drug-likeness (QED) is 0.383. The van der Waals surface area contributed by atoms with Crippen molar-refractivity contribution in [3.63, 3.8) is 0 Å². The van der Waals surface area contributed by atoms with Crippen molar-refractivity contribution in [3.8, 4) is 0 Å². The van der Waals surface area contributed by atoms with Crippen LogP contribution in [0.15, 0.2) is 0 Å². The number of esters is 1. The molecule has 0 radical (unpaired) electrons. The van der Waals surface area contributed by atoms with Gasteiger partial charge in [-0.3, -0.25) is 4.79 Å². The lowest BCUT2D eigenvalue weighted by atomic mass is 10.2. The molecule has 0 heterocycles. The summed E-state index contributed by atoms with van der Waals surface area (Å²) < 4.78 is 4.66. The van der Waals surface area contributed by atoms with Crippen LogP contribution in [0.25, 0.3) is 0 Å². The zero-order valence-electron chi connectivity index (χ0n) is 9.81. The van der Waals surface area contributed by atoms with E-state index in [1.807, 2.05) is 6.92 Å². The monoisotopic (exact) mass is 251 g/mol. The molecular formula is C10H21NO4S. The number of aliphatic hydroxyl groups is 2. The van der Waals surface area contributed by atoms with Crippen molar-refractivity contribution < 1.29 is 19.7 Å². The van der Waals surface area contributed by atoms with Crippen molar-refractivity contribution in [2.24, 2.45) is 0 Å². The van der Waals surface area contributed by atoms with Gasteiger partial charge < -0.3 is 20.3 Å². The second-order valence-electron chi connectivity index (χ2n) is 3.33. The van der Waals surface area contributed by atoms with Crippen LogP contribution in [0.4, 0.5) is 0 Å². The molecule has 0 aromatic carbocycles. The van der Waals surface area contributed by atoms with E-state index in [-0.39, 0.29) is 18.6 Å². The Morgan fingerprint density at radius 2 is 2.25 bits per heavy atom. The molecule has 0 rings (SSSR count). The van der Waals surface area contributed by atoms with Gasteiger partial charge in [0.05, 0.1) is 19.8 Å². The number of hydrogen-bond acceptors (Lipinski definition) is 6. The van der Waals surface area contributed by atoms with Gasteiger partial charge in [0.15, 0.2) is 0 Å². The first-order valence-corrected chi connectivity index (χ1v) is 6.49. The summed E-state index contributed by atoms with van der Waals surface area (Å²) in [6.45, 7) is 2.42. The molecule has 0 aromatic rings. The van der Waals surface area contributed by atoms with Crippen LogP contribution in [0, 0.1) is 0 Å². The largest absolute Gasteiger partial charge is 0.468 e. The molecule has 3 N–H and O–H groups in total. The normalized spacial score (nSPS) is 14.5. The molecule has 0 saturated carbocycles. The van der Waals surface area contributed by atoms with Crippen LogP contribution >= 0.6 is 11.8 Å². The molecule has 0 aromatic heterocycles. The maximum Gasteiger partial charge on any atom is 0.322 e. The summed E-state index contributed by atoms with van der Waals surface area (Å²) in [4.78, 5) is 11.3. The molecule has 0 bridgehead atoms. The number of nitrogens with one attached hydrogen (secondary N) is 1. The number of rotatable bonds is 9. The summed E-state index contributed by atoms with van der Waals surface area (Å²) >= 11 is 1.51. The van der Waals surface area contributed by atoms with Gasteiger partial charge in [0.2, 0.25) is 0 Å². The average Bonchev–Trinajstić information content (AvgIpc) is 2.31. The van der Waals surface area contributed by atoms with Gasteiger partial charge >= 0.3 is 5.97 Å². The smallest absolute Gasteiger partial charge is 0.322 e. The number of carbonyl (C=O) groups is 1. The van der Waals surface area contributed by atoms with E-state index in [1.165, 1.54) is 18.9 Å². The Morgan fingerprint density at radius 1 is 1.56 bits per heavy atom. The highest BCUT2D eigenvalue weighted by atomic mass is 32.2. The van der Waals surface area contributed by atoms with Crippen LogP contribution in [-0.4, -0.2) is 60.1 Å². The Labute approximate surface area is 101 Å². The third-order valence-corrected chi connectivity index (χ3v) is 3.15. The van der Waals surface area contributed by atoms with Crippen LogP contribution in [0.5, 0.6) is 0 Å². The molecule has 16 heavy (non-hydrogen) atoms. The number of methoxy groups -OCH3 is 1. The van der Waals surface area contributed by atoms with Gasteiger partial charge in [-0.15, -0.1) is 0 Å². The number of aliphatic hydroxyl groups excluding tert-OH is 2. The van der Waals surface area contributed by atoms with Gasteiger partial charge in [0, 0.05) is 5.75 Å². The lowest BCUT2D eigenvalue weighted by Gasteiger charge is -2.15. The minimum atomic E-state index is -0.680. The van der Waals surface area contributed by atoms with E-state index in [9.17, 15) is 4.79 Å². The predicted octanol–water partition coefficient (Wildman–Crippen LogP) is -0.386. The molecule has 2 unspecified atom stereocenters. The van der Waals surface area contributed by atoms with Crippen molar-refractivity contribution >= 4 is 17.7 Å². The maximum absolute atomic E-state index is 11.3. The highest BCUT2D eigenvalue weighted by Gasteiger charge is 2.17. The van der Waals surface area contributed by atoms with Crippen molar-refractivity contribution in [1.82, 2.24) is 5.32 Å². The second kappa shape index (κ2) is 9.89. The molecule has 0 aliphatic rings. The number of likely N-dealkylation sites (N-methyl/N-ethyl adjacent to an activating group) is 1. The van der Waals surface area contributed by atoms with Crippen molar-refractivity contribution in [1.29, 1.82) is 0 Å². The summed E-state index contributed by atoms with van der Waals surface area (Å²) in [5.74, 6) is 0.963. The molecule has 0 aliphatic heterocycles. The third-order valence-electron chi connectivity index (χ3n) is 2.01. The van der Waals surface area contributed by atoms with Gasteiger partial charge in [-0.1, -0.05) is 6.92 Å². The lowest BCUT2D eigenvalue weighted by Crippen LogP contribution is -2.38. The first kappa shape index (κ1) is 15.7. The minimum absolute atomic E-state index is 0.222. The Bertz CT molecular complexity index is 192. The molecule has 6 heteroatoms. The Hall–Kier alpha value is -0.300. The van der Waals surface area contributed by atoms with Gasteiger partial charge in [-0.2, -0.15) is 11.8 Å². The molecular weight excluding hydrogens is 230 g/mol. The van der Waals surface area contributed by atoms with Crippen LogP contribution < -0.4 is 5.32 Å². The maximum atomic E-state index is 11.3. The molecule has 96 valence electrons. The molecule has 0 fully saturated rings. The van der Waals surface area contributed by atoms with E-state index in [1.54, 1.807) is 0 Å². The fraction of sp³-hybridized carbons (Fsp3) is 0.900. The molecule has 0 spiro atoms. The molecule has 5 nitrogen and oxygen atoms in total. The number of thioether (sulfide) groups is 1. The summed E-state index contributed by atoms with van der Waals surface area (Å²) in [7, 11) is 1.37. The van der Waals surface area contributed by atoms with Gasteiger partial charge in [0.1, 0.15) is 6.04 Å². The van der Waals surface area contributed by atoms with Crippen LogP contribution in [0.2, 0.25) is 0 Å². The standard InChI is InChI=1S/C10H21NO4S/c1-3-11-9(10(14)15-2)4-5-16-7-8(13)6-12/h8-9,11-13H,3-7H2,1-2H3. The zero-order valence-corrected chi connectivity index (χ0v) is 10.6. The molecule has 0 aliphatic carbocycles. The van der Waals surface area contributed by atoms with Gasteiger partial charge in [0.25, 0.3) is 0 Å². The Morgan fingerprint density at radius 3 is 2.75 bits per heavy atom. The summed E-state index contributed by atoms with van der Waals surface area (Å²) in [6, 6.07) is -0.284. The second-order valence-corrected chi connectivity index (χ2v) is 4.48. The third kappa shape index (κ3) is 7.05. The van der Waals surface area contributed by atoms with E-state index in [0.717, 1.165) is 5.75 Å². The fourth-order valence-electron chi connectivity index (χ4n) is 1.17. The minimum Gasteiger partial charge on any atom is -0.468 e. The van der Waals surface area contributed by atoms with E-state index >= 15 is 0 Å².